The van der Waals surface area contributed by atoms with Crippen molar-refractivity contribution >= 4 is 34.4 Å². The van der Waals surface area contributed by atoms with Crippen molar-refractivity contribution in [3.05, 3.63) is 82.4 Å². The number of anilines is 1. The molecule has 1 aliphatic heterocycles. The number of amides is 2. The molecule has 0 bridgehead atoms. The summed E-state index contributed by atoms with van der Waals surface area (Å²) in [4.78, 5) is 31.1. The van der Waals surface area contributed by atoms with E-state index in [0.717, 1.165) is 23.3 Å². The molecule has 0 fully saturated rings. The molecule has 0 spiro atoms. The molecule has 1 aliphatic rings. The summed E-state index contributed by atoms with van der Waals surface area (Å²) in [6.45, 7) is 1.27. The highest BCUT2D eigenvalue weighted by atomic mass is 32.1. The van der Waals surface area contributed by atoms with Crippen molar-refractivity contribution in [2.45, 2.75) is 19.4 Å². The van der Waals surface area contributed by atoms with Gasteiger partial charge in [0.1, 0.15) is 5.75 Å². The topological polar surface area (TPSA) is 71.5 Å². The van der Waals surface area contributed by atoms with Crippen LogP contribution in [-0.2, 0) is 29.0 Å². The van der Waals surface area contributed by atoms with Gasteiger partial charge in [0, 0.05) is 24.5 Å². The second-order valence-electron chi connectivity index (χ2n) is 7.25. The summed E-state index contributed by atoms with van der Waals surface area (Å²) in [6, 6.07) is 15.6. The largest absolute Gasteiger partial charge is 0.497 e. The molecule has 4 rings (SSSR count). The molecule has 158 valence electrons. The summed E-state index contributed by atoms with van der Waals surface area (Å²) >= 11 is 1.32. The van der Waals surface area contributed by atoms with Crippen LogP contribution in [0.2, 0.25) is 0 Å². The monoisotopic (exact) mass is 433 g/mol. The summed E-state index contributed by atoms with van der Waals surface area (Å²) < 4.78 is 5.28. The Labute approximate surface area is 185 Å². The van der Waals surface area contributed by atoms with Gasteiger partial charge in [0.15, 0.2) is 5.13 Å². The lowest BCUT2D eigenvalue weighted by Gasteiger charge is -2.29. The van der Waals surface area contributed by atoms with Crippen molar-refractivity contribution in [3.63, 3.8) is 0 Å². The van der Waals surface area contributed by atoms with Crippen molar-refractivity contribution < 1.29 is 14.3 Å². The average molecular weight is 434 g/mol. The number of carbonyl (C=O) groups excluding carboxylic acids is 2. The standard InChI is InChI=1S/C24H23N3O3S/c1-30-21-9-8-19-15-27(12-11-18(19)13-21)23(29)14-20-16-31-24(25-20)26-22(28)10-7-17-5-3-2-4-6-17/h2-10,13,16H,11-12,14-15H2,1H3,(H,25,26,28)/b10-7+. The molecule has 0 unspecified atom stereocenters. The molecule has 2 amide bonds. The summed E-state index contributed by atoms with van der Waals surface area (Å²) in [5.74, 6) is 0.627. The molecule has 6 nitrogen and oxygen atoms in total. The molecule has 2 aromatic carbocycles. The Kier molecular flexibility index (Phi) is 6.43. The van der Waals surface area contributed by atoms with Gasteiger partial charge in [0.25, 0.3) is 0 Å². The van der Waals surface area contributed by atoms with Crippen LogP contribution in [0.15, 0.2) is 60.0 Å². The lowest BCUT2D eigenvalue weighted by molar-refractivity contribution is -0.131. The Hall–Kier alpha value is -3.45. The molecule has 31 heavy (non-hydrogen) atoms. The molecule has 0 saturated carbocycles. The lowest BCUT2D eigenvalue weighted by atomic mass is 9.99. The number of aromatic nitrogens is 1. The van der Waals surface area contributed by atoms with E-state index in [0.29, 0.717) is 23.9 Å². The van der Waals surface area contributed by atoms with Crippen LogP contribution in [0.5, 0.6) is 5.75 Å². The molecule has 1 aromatic heterocycles. The van der Waals surface area contributed by atoms with Gasteiger partial charge in [0.2, 0.25) is 11.8 Å². The SMILES string of the molecule is COc1ccc2c(c1)CCN(C(=O)Cc1csc(NC(=O)/C=C/c3ccccc3)n1)C2. The van der Waals surface area contributed by atoms with Gasteiger partial charge in [-0.15, -0.1) is 11.3 Å². The minimum absolute atomic E-state index is 0.0358. The number of carbonyl (C=O) groups is 2. The van der Waals surface area contributed by atoms with Crippen molar-refractivity contribution in [2.75, 3.05) is 19.0 Å². The summed E-state index contributed by atoms with van der Waals surface area (Å²) in [5.41, 5.74) is 3.99. The fraction of sp³-hybridized carbons (Fsp3) is 0.208. The van der Waals surface area contributed by atoms with E-state index >= 15 is 0 Å². The van der Waals surface area contributed by atoms with E-state index in [1.165, 1.54) is 23.0 Å². The number of fused-ring (bicyclic) bond motifs is 1. The van der Waals surface area contributed by atoms with E-state index < -0.39 is 0 Å². The molecule has 1 N–H and O–H groups in total. The Bertz CT molecular complexity index is 1110. The zero-order valence-electron chi connectivity index (χ0n) is 17.2. The maximum atomic E-state index is 12.8. The van der Waals surface area contributed by atoms with E-state index in [-0.39, 0.29) is 18.2 Å². The second kappa shape index (κ2) is 9.57. The quantitative estimate of drug-likeness (QED) is 0.598. The van der Waals surface area contributed by atoms with E-state index in [4.69, 9.17) is 4.74 Å². The lowest BCUT2D eigenvalue weighted by Crippen LogP contribution is -2.37. The van der Waals surface area contributed by atoms with Gasteiger partial charge in [-0.2, -0.15) is 0 Å². The van der Waals surface area contributed by atoms with Crippen LogP contribution in [0.3, 0.4) is 0 Å². The van der Waals surface area contributed by atoms with Crippen LogP contribution < -0.4 is 10.1 Å². The van der Waals surface area contributed by atoms with Crippen molar-refractivity contribution in [3.8, 4) is 5.75 Å². The van der Waals surface area contributed by atoms with Gasteiger partial charge >= 0.3 is 0 Å². The van der Waals surface area contributed by atoms with Crippen LogP contribution in [-0.4, -0.2) is 35.4 Å². The number of methoxy groups -OCH3 is 1. The highest BCUT2D eigenvalue weighted by Gasteiger charge is 2.22. The van der Waals surface area contributed by atoms with Crippen LogP contribution >= 0.6 is 11.3 Å². The maximum Gasteiger partial charge on any atom is 0.250 e. The van der Waals surface area contributed by atoms with Gasteiger partial charge < -0.3 is 9.64 Å². The third-order valence-electron chi connectivity index (χ3n) is 5.12. The number of hydrogen-bond donors (Lipinski definition) is 1. The number of ether oxygens (including phenoxy) is 1. The normalized spacial score (nSPS) is 13.1. The number of nitrogens with one attached hydrogen (secondary N) is 1. The Morgan fingerprint density at radius 1 is 1.19 bits per heavy atom. The molecule has 7 heteroatoms. The van der Waals surface area contributed by atoms with Gasteiger partial charge in [0.05, 0.1) is 19.2 Å². The first-order chi connectivity index (χ1) is 15.1. The van der Waals surface area contributed by atoms with Crippen LogP contribution in [0.25, 0.3) is 6.08 Å². The molecular formula is C24H23N3O3S. The van der Waals surface area contributed by atoms with E-state index in [9.17, 15) is 9.59 Å². The van der Waals surface area contributed by atoms with Crippen molar-refractivity contribution in [1.82, 2.24) is 9.88 Å². The first kappa shape index (κ1) is 20.8. The highest BCUT2D eigenvalue weighted by molar-refractivity contribution is 7.14. The smallest absolute Gasteiger partial charge is 0.250 e. The fourth-order valence-electron chi connectivity index (χ4n) is 3.46. The van der Waals surface area contributed by atoms with Crippen LogP contribution in [0, 0.1) is 0 Å². The molecule has 3 aromatic rings. The molecule has 2 heterocycles. The summed E-state index contributed by atoms with van der Waals surface area (Å²) in [6.07, 6.45) is 4.25. The number of benzene rings is 2. The zero-order valence-corrected chi connectivity index (χ0v) is 18.0. The molecule has 0 atom stereocenters. The maximum absolute atomic E-state index is 12.8. The number of thiazole rings is 1. The summed E-state index contributed by atoms with van der Waals surface area (Å²) in [7, 11) is 1.66. The fourth-order valence-corrected chi connectivity index (χ4v) is 4.18. The first-order valence-corrected chi connectivity index (χ1v) is 10.9. The Morgan fingerprint density at radius 2 is 2.03 bits per heavy atom. The third-order valence-corrected chi connectivity index (χ3v) is 5.93. The second-order valence-corrected chi connectivity index (χ2v) is 8.11. The van der Waals surface area contributed by atoms with Crippen molar-refractivity contribution in [1.29, 1.82) is 0 Å². The first-order valence-electron chi connectivity index (χ1n) is 10.0. The van der Waals surface area contributed by atoms with Gasteiger partial charge in [-0.3, -0.25) is 14.9 Å². The van der Waals surface area contributed by atoms with Crippen LogP contribution in [0.1, 0.15) is 22.4 Å². The molecule has 0 radical (unpaired) electrons. The minimum Gasteiger partial charge on any atom is -0.497 e. The average Bonchev–Trinajstić information content (AvgIpc) is 3.24. The number of rotatable bonds is 6. The number of hydrogen-bond acceptors (Lipinski definition) is 5. The van der Waals surface area contributed by atoms with Gasteiger partial charge in [-0.05, 0) is 41.3 Å². The summed E-state index contributed by atoms with van der Waals surface area (Å²) in [5, 5.41) is 5.06. The molecular weight excluding hydrogens is 410 g/mol. The Balaban J connectivity index is 1.31. The highest BCUT2D eigenvalue weighted by Crippen LogP contribution is 2.24. The van der Waals surface area contributed by atoms with Crippen LogP contribution in [0.4, 0.5) is 5.13 Å². The third kappa shape index (κ3) is 5.38. The van der Waals surface area contributed by atoms with E-state index in [1.54, 1.807) is 13.2 Å². The predicted octanol–water partition coefficient (Wildman–Crippen LogP) is 3.93. The Morgan fingerprint density at radius 3 is 2.84 bits per heavy atom. The number of nitrogens with zero attached hydrogens (tertiary/aromatic N) is 2. The van der Waals surface area contributed by atoms with E-state index in [1.807, 2.05) is 58.8 Å². The zero-order chi connectivity index (χ0) is 21.6. The van der Waals surface area contributed by atoms with Gasteiger partial charge in [-0.25, -0.2) is 4.98 Å². The van der Waals surface area contributed by atoms with Crippen molar-refractivity contribution in [2.24, 2.45) is 0 Å². The predicted molar refractivity (Wildman–Crippen MR) is 122 cm³/mol. The van der Waals surface area contributed by atoms with E-state index in [2.05, 4.69) is 10.3 Å². The molecule has 0 aliphatic carbocycles. The molecule has 0 saturated heterocycles. The minimum atomic E-state index is -0.251. The van der Waals surface area contributed by atoms with Gasteiger partial charge in [-0.1, -0.05) is 36.4 Å².